The average molecular weight is 497 g/mol. The molecule has 0 unspecified atom stereocenters. The first-order valence-electron chi connectivity index (χ1n) is 14.5. The third-order valence-electron chi connectivity index (χ3n) is 13.3. The molecular weight excluding hydrogens is 448 g/mol. The van der Waals surface area contributed by atoms with Gasteiger partial charge < -0.3 is 4.74 Å². The lowest BCUT2D eigenvalue weighted by Crippen LogP contribution is -2.66. The molecule has 5 rings (SSSR count). The predicted molar refractivity (Wildman–Crippen MR) is 141 cm³/mol. The number of methoxy groups -OCH3 is 1. The molecule has 0 aliphatic heterocycles. The van der Waals surface area contributed by atoms with Crippen LogP contribution in [-0.2, 0) is 19.1 Å². The van der Waals surface area contributed by atoms with E-state index in [1.54, 1.807) is 0 Å². The Morgan fingerprint density at radius 3 is 2.28 bits per heavy atom. The highest BCUT2D eigenvalue weighted by atomic mass is 16.5. The minimum atomic E-state index is -0.537. The second-order valence-corrected chi connectivity index (χ2v) is 15.0. The number of ether oxygens (including phenoxy) is 1. The fourth-order valence-electron chi connectivity index (χ4n) is 10.6. The lowest BCUT2D eigenvalue weighted by Gasteiger charge is -2.69. The molecule has 0 N–H and O–H groups in total. The molecule has 8 atom stereocenters. The Kier molecular flexibility index (Phi) is 5.66. The van der Waals surface area contributed by atoms with E-state index in [-0.39, 0.29) is 56.6 Å². The highest BCUT2D eigenvalue weighted by molar-refractivity contribution is 5.96. The molecule has 5 aliphatic rings. The van der Waals surface area contributed by atoms with Crippen LogP contribution in [0.1, 0.15) is 113 Å². The zero-order valence-electron chi connectivity index (χ0n) is 24.0. The first-order valence-corrected chi connectivity index (χ1v) is 14.5. The number of esters is 1. The standard InChI is InChI=1S/C32H48O4/c1-9-28(4)22-10-13-30(6)23(29(22,5)12-11-24(28)34)18-21(33)25-20-19-27(2,3)14-16-32(20,26(35)36-8)17-15-31(25,30)7/h18,20,22,25H,9-17,19H2,1-8H3/t20-,22-,25-,28+,29-,30+,31+,32-/m0/s1. The van der Waals surface area contributed by atoms with Crippen LogP contribution in [0.5, 0.6) is 0 Å². The Balaban J connectivity index is 1.65. The molecular formula is C32H48O4. The van der Waals surface area contributed by atoms with Gasteiger partial charge in [0.15, 0.2) is 5.78 Å². The SMILES string of the molecule is CC[C@@]1(C)C(=O)CC[C@]2(C)C3=CC(=O)[C@@H]4[C@@H]5CC(C)(C)CC[C@]5(C(=O)OC)CC[C@@]4(C)[C@]3(C)CC[C@@H]12. The summed E-state index contributed by atoms with van der Waals surface area (Å²) in [6, 6.07) is 0. The summed E-state index contributed by atoms with van der Waals surface area (Å²) in [4.78, 5) is 40.9. The predicted octanol–water partition coefficient (Wildman–Crippen LogP) is 7.10. The summed E-state index contributed by atoms with van der Waals surface area (Å²) in [5, 5.41) is 0. The molecule has 0 heterocycles. The van der Waals surface area contributed by atoms with Crippen LogP contribution in [0.3, 0.4) is 0 Å². The van der Waals surface area contributed by atoms with E-state index in [2.05, 4.69) is 48.5 Å². The third kappa shape index (κ3) is 3.02. The molecule has 0 aromatic heterocycles. The van der Waals surface area contributed by atoms with Gasteiger partial charge in [-0.2, -0.15) is 0 Å². The number of Topliss-reactive ketones (excluding diaryl/α,β-unsaturated/α-hetero) is 1. The van der Waals surface area contributed by atoms with Gasteiger partial charge in [-0.1, -0.05) is 54.0 Å². The van der Waals surface area contributed by atoms with Crippen LogP contribution in [0.25, 0.3) is 0 Å². The zero-order chi connectivity index (χ0) is 26.5. The van der Waals surface area contributed by atoms with Crippen molar-refractivity contribution in [3.8, 4) is 0 Å². The molecule has 0 aromatic rings. The Hall–Kier alpha value is -1.45. The smallest absolute Gasteiger partial charge is 0.312 e. The van der Waals surface area contributed by atoms with Crippen molar-refractivity contribution in [1.82, 2.24) is 0 Å². The quantitative estimate of drug-likeness (QED) is 0.383. The van der Waals surface area contributed by atoms with Crippen LogP contribution >= 0.6 is 0 Å². The summed E-state index contributed by atoms with van der Waals surface area (Å²) in [7, 11) is 1.51. The van der Waals surface area contributed by atoms with Gasteiger partial charge in [0.05, 0.1) is 12.5 Å². The molecule has 0 bridgehead atoms. The van der Waals surface area contributed by atoms with Crippen LogP contribution in [0.15, 0.2) is 11.6 Å². The van der Waals surface area contributed by atoms with Crippen molar-refractivity contribution in [1.29, 1.82) is 0 Å². The van der Waals surface area contributed by atoms with Gasteiger partial charge in [0.25, 0.3) is 0 Å². The largest absolute Gasteiger partial charge is 0.469 e. The van der Waals surface area contributed by atoms with Crippen LogP contribution < -0.4 is 0 Å². The Morgan fingerprint density at radius 1 is 0.972 bits per heavy atom. The second-order valence-electron chi connectivity index (χ2n) is 15.0. The fraction of sp³-hybridized carbons (Fsp3) is 0.844. The van der Waals surface area contributed by atoms with E-state index < -0.39 is 5.41 Å². The van der Waals surface area contributed by atoms with E-state index in [0.29, 0.717) is 12.2 Å². The van der Waals surface area contributed by atoms with Crippen molar-refractivity contribution in [2.75, 3.05) is 7.11 Å². The number of allylic oxidation sites excluding steroid dienone is 2. The summed E-state index contributed by atoms with van der Waals surface area (Å²) in [6.07, 6.45) is 10.8. The molecule has 4 nitrogen and oxygen atoms in total. The zero-order valence-corrected chi connectivity index (χ0v) is 24.0. The third-order valence-corrected chi connectivity index (χ3v) is 13.3. The topological polar surface area (TPSA) is 60.4 Å². The molecule has 5 aliphatic carbocycles. The molecule has 0 spiro atoms. The van der Waals surface area contributed by atoms with Gasteiger partial charge in [-0.05, 0) is 97.4 Å². The van der Waals surface area contributed by atoms with Crippen molar-refractivity contribution in [2.24, 2.45) is 50.2 Å². The Bertz CT molecular complexity index is 1040. The lowest BCUT2D eigenvalue weighted by molar-refractivity contribution is -0.193. The van der Waals surface area contributed by atoms with Crippen molar-refractivity contribution in [3.63, 3.8) is 0 Å². The molecule has 200 valence electrons. The maximum absolute atomic E-state index is 14.4. The van der Waals surface area contributed by atoms with Gasteiger partial charge in [0.2, 0.25) is 0 Å². The summed E-state index contributed by atoms with van der Waals surface area (Å²) in [6.45, 7) is 16.1. The molecule has 0 radical (unpaired) electrons. The first-order chi connectivity index (χ1) is 16.7. The van der Waals surface area contributed by atoms with Gasteiger partial charge in [-0.25, -0.2) is 0 Å². The summed E-state index contributed by atoms with van der Waals surface area (Å²) in [5.41, 5.74) is 0.168. The number of ketones is 2. The van der Waals surface area contributed by atoms with Crippen LogP contribution in [0.2, 0.25) is 0 Å². The molecule has 36 heavy (non-hydrogen) atoms. The highest BCUT2D eigenvalue weighted by Gasteiger charge is 2.71. The van der Waals surface area contributed by atoms with Gasteiger partial charge in [0.1, 0.15) is 5.78 Å². The number of hydrogen-bond acceptors (Lipinski definition) is 4. The monoisotopic (exact) mass is 496 g/mol. The maximum atomic E-state index is 14.4. The molecule has 0 saturated heterocycles. The number of hydrogen-bond donors (Lipinski definition) is 0. The minimum absolute atomic E-state index is 0.0222. The highest BCUT2D eigenvalue weighted by Crippen LogP contribution is 2.75. The molecule has 0 amide bonds. The van der Waals surface area contributed by atoms with Crippen molar-refractivity contribution >= 4 is 17.5 Å². The maximum Gasteiger partial charge on any atom is 0.312 e. The normalized spacial score (nSPS) is 49.7. The average Bonchev–Trinajstić information content (AvgIpc) is 2.82. The summed E-state index contributed by atoms with van der Waals surface area (Å²) < 4.78 is 5.43. The van der Waals surface area contributed by atoms with E-state index in [1.165, 1.54) is 12.7 Å². The minimum Gasteiger partial charge on any atom is -0.469 e. The Morgan fingerprint density at radius 2 is 1.64 bits per heavy atom. The van der Waals surface area contributed by atoms with E-state index in [1.807, 2.05) is 6.08 Å². The van der Waals surface area contributed by atoms with E-state index in [0.717, 1.165) is 57.8 Å². The number of carbonyl (C=O) groups is 3. The molecule has 0 aromatic carbocycles. The molecule has 4 saturated carbocycles. The second kappa shape index (κ2) is 7.79. The first kappa shape index (κ1) is 26.2. The van der Waals surface area contributed by atoms with Gasteiger partial charge in [-0.15, -0.1) is 0 Å². The van der Waals surface area contributed by atoms with Crippen LogP contribution in [-0.4, -0.2) is 24.6 Å². The van der Waals surface area contributed by atoms with Gasteiger partial charge in [0, 0.05) is 17.8 Å². The van der Waals surface area contributed by atoms with Crippen LogP contribution in [0.4, 0.5) is 0 Å². The van der Waals surface area contributed by atoms with Gasteiger partial charge in [-0.3, -0.25) is 14.4 Å². The van der Waals surface area contributed by atoms with Crippen LogP contribution in [0, 0.1) is 50.2 Å². The fourth-order valence-corrected chi connectivity index (χ4v) is 10.6. The Labute approximate surface area is 218 Å². The molecule has 4 fully saturated rings. The van der Waals surface area contributed by atoms with Crippen molar-refractivity contribution in [2.45, 2.75) is 113 Å². The van der Waals surface area contributed by atoms with E-state index in [4.69, 9.17) is 4.74 Å². The number of carbonyl (C=O) groups excluding carboxylic acids is 3. The lowest BCUT2D eigenvalue weighted by atomic mass is 9.33. The van der Waals surface area contributed by atoms with Crippen molar-refractivity contribution in [3.05, 3.63) is 11.6 Å². The summed E-state index contributed by atoms with van der Waals surface area (Å²) >= 11 is 0. The van der Waals surface area contributed by atoms with Gasteiger partial charge >= 0.3 is 5.97 Å². The van der Waals surface area contributed by atoms with E-state index in [9.17, 15) is 14.4 Å². The number of fused-ring (bicyclic) bond motifs is 7. The van der Waals surface area contributed by atoms with E-state index >= 15 is 0 Å². The summed E-state index contributed by atoms with van der Waals surface area (Å²) in [5.74, 6) is 0.703. The van der Waals surface area contributed by atoms with Crippen molar-refractivity contribution < 1.29 is 19.1 Å². The molecule has 4 heteroatoms. The number of rotatable bonds is 2.